The summed E-state index contributed by atoms with van der Waals surface area (Å²) in [4.78, 5) is 22.4. The van der Waals surface area contributed by atoms with Crippen molar-refractivity contribution in [3.8, 4) is 11.6 Å². The Morgan fingerprint density at radius 1 is 1.14 bits per heavy atom. The van der Waals surface area contributed by atoms with E-state index in [1.807, 2.05) is 14.1 Å². The van der Waals surface area contributed by atoms with E-state index in [0.717, 1.165) is 0 Å². The Morgan fingerprint density at radius 2 is 1.91 bits per heavy atom. The third-order valence-electron chi connectivity index (χ3n) is 2.91. The minimum atomic E-state index is -0.322. The normalized spacial score (nSPS) is 10.0. The topological polar surface area (TPSA) is 76.6 Å². The Morgan fingerprint density at radius 3 is 2.55 bits per heavy atom. The Bertz CT molecular complexity index is 674. The Kier molecular flexibility index (Phi) is 4.77. The Hall–Kier alpha value is -2.83. The van der Waals surface area contributed by atoms with Crippen molar-refractivity contribution in [1.82, 2.24) is 9.97 Å². The van der Waals surface area contributed by atoms with Crippen molar-refractivity contribution in [2.75, 3.05) is 38.5 Å². The van der Waals surface area contributed by atoms with Crippen molar-refractivity contribution in [3.05, 3.63) is 35.9 Å². The molecule has 0 saturated carbocycles. The molecule has 0 spiro atoms. The van der Waals surface area contributed by atoms with Crippen LogP contribution in [0.4, 0.5) is 11.8 Å². The van der Waals surface area contributed by atoms with Crippen LogP contribution >= 0.6 is 0 Å². The molecule has 2 aromatic rings. The molecular formula is C15H18N4O3. The first-order valence-corrected chi connectivity index (χ1v) is 6.59. The van der Waals surface area contributed by atoms with Gasteiger partial charge in [0.1, 0.15) is 11.6 Å². The highest BCUT2D eigenvalue weighted by atomic mass is 16.5. The SMILES string of the molecule is COc1cccc(C(=O)Nc2nc(OC)cc(N(C)C)n2)c1. The van der Waals surface area contributed by atoms with Crippen LogP contribution in [0.5, 0.6) is 11.6 Å². The molecule has 1 amide bonds. The first-order chi connectivity index (χ1) is 10.5. The molecule has 0 fully saturated rings. The van der Waals surface area contributed by atoms with E-state index in [2.05, 4.69) is 15.3 Å². The van der Waals surface area contributed by atoms with E-state index in [1.54, 1.807) is 42.3 Å². The van der Waals surface area contributed by atoms with E-state index < -0.39 is 0 Å². The van der Waals surface area contributed by atoms with Gasteiger partial charge in [-0.05, 0) is 18.2 Å². The van der Waals surface area contributed by atoms with Crippen molar-refractivity contribution < 1.29 is 14.3 Å². The zero-order valence-electron chi connectivity index (χ0n) is 13.0. The Balaban J connectivity index is 2.25. The van der Waals surface area contributed by atoms with Crippen LogP contribution in [0.1, 0.15) is 10.4 Å². The molecule has 0 radical (unpaired) electrons. The molecule has 0 aliphatic heterocycles. The lowest BCUT2D eigenvalue weighted by Crippen LogP contribution is -2.17. The maximum Gasteiger partial charge on any atom is 0.258 e. The van der Waals surface area contributed by atoms with Crippen LogP contribution in [-0.2, 0) is 0 Å². The van der Waals surface area contributed by atoms with Gasteiger partial charge in [0.2, 0.25) is 11.8 Å². The number of nitrogens with one attached hydrogen (secondary N) is 1. The first-order valence-electron chi connectivity index (χ1n) is 6.59. The summed E-state index contributed by atoms with van der Waals surface area (Å²) >= 11 is 0. The fourth-order valence-corrected chi connectivity index (χ4v) is 1.74. The summed E-state index contributed by atoms with van der Waals surface area (Å²) in [5, 5.41) is 2.66. The van der Waals surface area contributed by atoms with E-state index >= 15 is 0 Å². The molecular weight excluding hydrogens is 284 g/mol. The fourth-order valence-electron chi connectivity index (χ4n) is 1.74. The highest BCUT2D eigenvalue weighted by Gasteiger charge is 2.12. The summed E-state index contributed by atoms with van der Waals surface area (Å²) in [5.74, 6) is 1.47. The minimum absolute atomic E-state index is 0.177. The van der Waals surface area contributed by atoms with Crippen LogP contribution in [0.15, 0.2) is 30.3 Å². The van der Waals surface area contributed by atoms with Crippen molar-refractivity contribution in [2.24, 2.45) is 0 Å². The summed E-state index contributed by atoms with van der Waals surface area (Å²) in [6.45, 7) is 0. The second-order valence-corrected chi connectivity index (χ2v) is 4.67. The lowest BCUT2D eigenvalue weighted by Gasteiger charge is -2.14. The minimum Gasteiger partial charge on any atom is -0.497 e. The van der Waals surface area contributed by atoms with Gasteiger partial charge in [0, 0.05) is 25.7 Å². The Labute approximate surface area is 128 Å². The largest absolute Gasteiger partial charge is 0.497 e. The highest BCUT2D eigenvalue weighted by Crippen LogP contribution is 2.19. The molecule has 0 bridgehead atoms. The van der Waals surface area contributed by atoms with E-state index in [9.17, 15) is 4.79 Å². The van der Waals surface area contributed by atoms with E-state index in [4.69, 9.17) is 9.47 Å². The summed E-state index contributed by atoms with van der Waals surface area (Å²) in [7, 11) is 6.74. The van der Waals surface area contributed by atoms with E-state index in [-0.39, 0.29) is 11.9 Å². The summed E-state index contributed by atoms with van der Waals surface area (Å²) in [6, 6.07) is 8.52. The van der Waals surface area contributed by atoms with Gasteiger partial charge in [-0.1, -0.05) is 6.07 Å². The van der Waals surface area contributed by atoms with Crippen LogP contribution in [0.2, 0.25) is 0 Å². The number of aromatic nitrogens is 2. The summed E-state index contributed by atoms with van der Waals surface area (Å²) < 4.78 is 10.2. The van der Waals surface area contributed by atoms with Crippen molar-refractivity contribution in [3.63, 3.8) is 0 Å². The lowest BCUT2D eigenvalue weighted by molar-refractivity contribution is 0.102. The fraction of sp³-hybridized carbons (Fsp3) is 0.267. The molecule has 0 aliphatic rings. The molecule has 0 saturated heterocycles. The van der Waals surface area contributed by atoms with Crippen molar-refractivity contribution in [2.45, 2.75) is 0 Å². The maximum absolute atomic E-state index is 12.3. The average molecular weight is 302 g/mol. The van der Waals surface area contributed by atoms with Crippen LogP contribution in [0.3, 0.4) is 0 Å². The number of anilines is 2. The number of nitrogens with zero attached hydrogens (tertiary/aromatic N) is 3. The van der Waals surface area contributed by atoms with Gasteiger partial charge >= 0.3 is 0 Å². The van der Waals surface area contributed by atoms with Gasteiger partial charge in [0.25, 0.3) is 5.91 Å². The maximum atomic E-state index is 12.3. The van der Waals surface area contributed by atoms with Crippen LogP contribution in [0.25, 0.3) is 0 Å². The molecule has 1 N–H and O–H groups in total. The number of hydrogen-bond acceptors (Lipinski definition) is 6. The molecule has 22 heavy (non-hydrogen) atoms. The first kappa shape index (κ1) is 15.6. The number of benzene rings is 1. The number of hydrogen-bond donors (Lipinski definition) is 1. The lowest BCUT2D eigenvalue weighted by atomic mass is 10.2. The van der Waals surface area contributed by atoms with Gasteiger partial charge in [0.05, 0.1) is 14.2 Å². The average Bonchev–Trinajstić information content (AvgIpc) is 2.54. The molecule has 1 aromatic heterocycles. The van der Waals surface area contributed by atoms with E-state index in [1.165, 1.54) is 7.11 Å². The van der Waals surface area contributed by atoms with Gasteiger partial charge in [-0.25, -0.2) is 0 Å². The van der Waals surface area contributed by atoms with Crippen molar-refractivity contribution in [1.29, 1.82) is 0 Å². The molecule has 0 unspecified atom stereocenters. The predicted octanol–water partition coefficient (Wildman–Crippen LogP) is 1.81. The molecule has 7 heteroatoms. The smallest absolute Gasteiger partial charge is 0.258 e. The zero-order chi connectivity index (χ0) is 16.1. The quantitative estimate of drug-likeness (QED) is 0.907. The molecule has 116 valence electrons. The third-order valence-corrected chi connectivity index (χ3v) is 2.91. The highest BCUT2D eigenvalue weighted by molar-refractivity contribution is 6.03. The molecule has 1 aromatic carbocycles. The molecule has 2 rings (SSSR count). The van der Waals surface area contributed by atoms with Crippen LogP contribution in [-0.4, -0.2) is 44.2 Å². The number of amides is 1. The van der Waals surface area contributed by atoms with Gasteiger partial charge in [-0.15, -0.1) is 0 Å². The van der Waals surface area contributed by atoms with Gasteiger partial charge in [0.15, 0.2) is 0 Å². The molecule has 0 atom stereocenters. The molecule has 7 nitrogen and oxygen atoms in total. The predicted molar refractivity (Wildman–Crippen MR) is 83.9 cm³/mol. The number of methoxy groups -OCH3 is 2. The summed E-state index contributed by atoms with van der Waals surface area (Å²) in [6.07, 6.45) is 0. The standard InChI is InChI=1S/C15H18N4O3/c1-19(2)12-9-13(22-4)17-15(16-12)18-14(20)10-6-5-7-11(8-10)21-3/h5-9H,1-4H3,(H,16,17,18,20). The summed E-state index contributed by atoms with van der Waals surface area (Å²) in [5.41, 5.74) is 0.456. The second-order valence-electron chi connectivity index (χ2n) is 4.67. The molecule has 0 aliphatic carbocycles. The number of carbonyl (C=O) groups is 1. The monoisotopic (exact) mass is 302 g/mol. The number of ether oxygens (including phenoxy) is 2. The number of carbonyl (C=O) groups excluding carboxylic acids is 1. The van der Waals surface area contributed by atoms with Gasteiger partial charge in [-0.2, -0.15) is 9.97 Å². The van der Waals surface area contributed by atoms with Gasteiger partial charge in [-0.3, -0.25) is 10.1 Å². The zero-order valence-corrected chi connectivity index (χ0v) is 13.0. The molecule has 1 heterocycles. The van der Waals surface area contributed by atoms with E-state index in [0.29, 0.717) is 23.0 Å². The number of rotatable bonds is 5. The second kappa shape index (κ2) is 6.75. The third kappa shape index (κ3) is 3.63. The van der Waals surface area contributed by atoms with Crippen LogP contribution < -0.4 is 19.7 Å². The van der Waals surface area contributed by atoms with Gasteiger partial charge < -0.3 is 14.4 Å². The van der Waals surface area contributed by atoms with Crippen molar-refractivity contribution >= 4 is 17.7 Å². The van der Waals surface area contributed by atoms with Crippen LogP contribution in [0, 0.1) is 0 Å².